The van der Waals surface area contributed by atoms with E-state index < -0.39 is 18.1 Å². The SMILES string of the molecule is CC(C)C[C@H](NC(=O)OCC1c2ccccc2-c2ccccc21)C(=O)N1CC(CCC(=O)O)C1. The summed E-state index contributed by atoms with van der Waals surface area (Å²) in [5.74, 6) is -0.572. The smallest absolute Gasteiger partial charge is 0.407 e. The van der Waals surface area contributed by atoms with Crippen LogP contribution in [0, 0.1) is 11.8 Å². The van der Waals surface area contributed by atoms with Crippen LogP contribution in [0.5, 0.6) is 0 Å². The predicted octanol–water partition coefficient (Wildman–Crippen LogP) is 4.26. The Morgan fingerprint density at radius 3 is 2.18 bits per heavy atom. The second kappa shape index (κ2) is 10.3. The highest BCUT2D eigenvalue weighted by atomic mass is 16.5. The number of carboxylic acid groups (broad SMARTS) is 1. The monoisotopic (exact) mass is 464 g/mol. The molecule has 2 aromatic rings. The maximum Gasteiger partial charge on any atom is 0.407 e. The molecule has 4 rings (SSSR count). The largest absolute Gasteiger partial charge is 0.481 e. The van der Waals surface area contributed by atoms with E-state index in [4.69, 9.17) is 9.84 Å². The molecule has 7 heteroatoms. The van der Waals surface area contributed by atoms with Crippen LogP contribution in [-0.2, 0) is 14.3 Å². The van der Waals surface area contributed by atoms with Gasteiger partial charge in [-0.3, -0.25) is 9.59 Å². The van der Waals surface area contributed by atoms with Gasteiger partial charge in [-0.15, -0.1) is 0 Å². The lowest BCUT2D eigenvalue weighted by Crippen LogP contribution is -2.57. The highest BCUT2D eigenvalue weighted by Gasteiger charge is 2.36. The number of benzene rings is 2. The van der Waals surface area contributed by atoms with Gasteiger partial charge in [0.05, 0.1) is 0 Å². The predicted molar refractivity (Wildman–Crippen MR) is 128 cm³/mol. The molecule has 0 aromatic heterocycles. The summed E-state index contributed by atoms with van der Waals surface area (Å²) in [4.78, 5) is 38.2. The van der Waals surface area contributed by atoms with Crippen molar-refractivity contribution in [1.82, 2.24) is 10.2 Å². The molecule has 1 aliphatic heterocycles. The summed E-state index contributed by atoms with van der Waals surface area (Å²) in [6.45, 7) is 5.28. The molecular weight excluding hydrogens is 432 g/mol. The number of rotatable bonds is 9. The van der Waals surface area contributed by atoms with Gasteiger partial charge in [0.15, 0.2) is 0 Å². The van der Waals surface area contributed by atoms with Gasteiger partial charge in [-0.1, -0.05) is 62.4 Å². The van der Waals surface area contributed by atoms with Crippen LogP contribution < -0.4 is 5.32 Å². The molecule has 34 heavy (non-hydrogen) atoms. The van der Waals surface area contributed by atoms with Crippen LogP contribution in [0.15, 0.2) is 48.5 Å². The van der Waals surface area contributed by atoms with E-state index in [1.165, 1.54) is 0 Å². The molecular formula is C27H32N2O5. The van der Waals surface area contributed by atoms with Gasteiger partial charge < -0.3 is 20.1 Å². The molecule has 1 aliphatic carbocycles. The van der Waals surface area contributed by atoms with Crippen molar-refractivity contribution in [3.8, 4) is 11.1 Å². The molecule has 1 fully saturated rings. The number of fused-ring (bicyclic) bond motifs is 3. The Hall–Kier alpha value is -3.35. The molecule has 1 heterocycles. The zero-order valence-corrected chi connectivity index (χ0v) is 19.7. The van der Waals surface area contributed by atoms with Gasteiger partial charge in [-0.25, -0.2) is 4.79 Å². The van der Waals surface area contributed by atoms with Gasteiger partial charge in [0.2, 0.25) is 5.91 Å². The van der Waals surface area contributed by atoms with Crippen LogP contribution in [0.2, 0.25) is 0 Å². The first-order valence-corrected chi connectivity index (χ1v) is 12.0. The summed E-state index contributed by atoms with van der Waals surface area (Å²) < 4.78 is 5.63. The topological polar surface area (TPSA) is 95.9 Å². The van der Waals surface area contributed by atoms with Crippen molar-refractivity contribution < 1.29 is 24.2 Å². The number of likely N-dealkylation sites (tertiary alicyclic amines) is 1. The summed E-state index contributed by atoms with van der Waals surface area (Å²) in [6, 6.07) is 15.7. The van der Waals surface area contributed by atoms with Crippen LogP contribution in [0.3, 0.4) is 0 Å². The maximum atomic E-state index is 13.0. The second-order valence-electron chi connectivity index (χ2n) is 9.69. The number of aliphatic carboxylic acids is 1. The van der Waals surface area contributed by atoms with Crippen LogP contribution in [0.1, 0.15) is 50.2 Å². The summed E-state index contributed by atoms with van der Waals surface area (Å²) in [7, 11) is 0. The van der Waals surface area contributed by atoms with E-state index in [-0.39, 0.29) is 36.7 Å². The van der Waals surface area contributed by atoms with Crippen molar-refractivity contribution >= 4 is 18.0 Å². The fourth-order valence-electron chi connectivity index (χ4n) is 4.96. The van der Waals surface area contributed by atoms with Gasteiger partial charge in [0.25, 0.3) is 0 Å². The average molecular weight is 465 g/mol. The fourth-order valence-corrected chi connectivity index (χ4v) is 4.96. The Bertz CT molecular complexity index is 1010. The van der Waals surface area contributed by atoms with E-state index in [0.717, 1.165) is 22.3 Å². The number of alkyl carbamates (subject to hydrolysis) is 1. The molecule has 1 saturated heterocycles. The Labute approximate surface area is 200 Å². The molecule has 0 bridgehead atoms. The quantitative estimate of drug-likeness (QED) is 0.578. The number of hydrogen-bond donors (Lipinski definition) is 2. The minimum Gasteiger partial charge on any atom is -0.481 e. The number of nitrogens with one attached hydrogen (secondary N) is 1. The molecule has 2 aromatic carbocycles. The van der Waals surface area contributed by atoms with E-state index in [1.807, 2.05) is 38.1 Å². The van der Waals surface area contributed by atoms with Crippen molar-refractivity contribution in [1.29, 1.82) is 0 Å². The molecule has 0 unspecified atom stereocenters. The van der Waals surface area contributed by atoms with E-state index in [0.29, 0.717) is 25.9 Å². The molecule has 0 spiro atoms. The van der Waals surface area contributed by atoms with Crippen molar-refractivity contribution in [3.05, 3.63) is 59.7 Å². The number of amides is 2. The first-order chi connectivity index (χ1) is 16.3. The third-order valence-corrected chi connectivity index (χ3v) is 6.68. The van der Waals surface area contributed by atoms with Crippen LogP contribution in [0.4, 0.5) is 4.79 Å². The summed E-state index contributed by atoms with van der Waals surface area (Å²) in [5, 5.41) is 11.6. The number of carboxylic acids is 1. The van der Waals surface area contributed by atoms with Gasteiger partial charge >= 0.3 is 12.1 Å². The molecule has 1 atom stereocenters. The molecule has 0 radical (unpaired) electrons. The first kappa shape index (κ1) is 23.8. The van der Waals surface area contributed by atoms with Crippen molar-refractivity contribution in [2.24, 2.45) is 11.8 Å². The highest BCUT2D eigenvalue weighted by molar-refractivity contribution is 5.86. The summed E-state index contributed by atoms with van der Waals surface area (Å²) in [5.41, 5.74) is 4.60. The molecule has 7 nitrogen and oxygen atoms in total. The normalized spacial score (nSPS) is 15.9. The minimum atomic E-state index is -0.820. The molecule has 0 saturated carbocycles. The fraction of sp³-hybridized carbons (Fsp3) is 0.444. The van der Waals surface area contributed by atoms with Crippen molar-refractivity contribution in [3.63, 3.8) is 0 Å². The Morgan fingerprint density at radius 1 is 1.03 bits per heavy atom. The van der Waals surface area contributed by atoms with Crippen molar-refractivity contribution in [2.75, 3.05) is 19.7 Å². The number of carbonyl (C=O) groups excluding carboxylic acids is 2. The van der Waals surface area contributed by atoms with E-state index in [1.54, 1.807) is 4.90 Å². The van der Waals surface area contributed by atoms with E-state index in [9.17, 15) is 14.4 Å². The summed E-state index contributed by atoms with van der Waals surface area (Å²) >= 11 is 0. The van der Waals surface area contributed by atoms with Crippen LogP contribution >= 0.6 is 0 Å². The lowest BCUT2D eigenvalue weighted by molar-refractivity contribution is -0.141. The van der Waals surface area contributed by atoms with E-state index >= 15 is 0 Å². The molecule has 180 valence electrons. The third-order valence-electron chi connectivity index (χ3n) is 6.68. The van der Waals surface area contributed by atoms with Gasteiger partial charge in [-0.2, -0.15) is 0 Å². The van der Waals surface area contributed by atoms with Gasteiger partial charge in [0, 0.05) is 25.4 Å². The lowest BCUT2D eigenvalue weighted by Gasteiger charge is -2.41. The lowest BCUT2D eigenvalue weighted by atomic mass is 9.92. The Balaban J connectivity index is 1.35. The maximum absolute atomic E-state index is 13.0. The van der Waals surface area contributed by atoms with E-state index in [2.05, 4.69) is 29.6 Å². The number of nitrogens with zero attached hydrogens (tertiary/aromatic N) is 1. The van der Waals surface area contributed by atoms with Gasteiger partial charge in [0.1, 0.15) is 12.6 Å². The standard InChI is InChI=1S/C27H32N2O5/c1-17(2)13-24(26(32)29-14-18(15-29)11-12-25(30)31)28-27(33)34-16-23-21-9-5-3-7-19(21)20-8-4-6-10-22(20)23/h3-10,17-18,23-24H,11-16H2,1-2H3,(H,28,33)(H,30,31)/t24-/m0/s1. The van der Waals surface area contributed by atoms with Crippen molar-refractivity contribution in [2.45, 2.75) is 45.1 Å². The molecule has 2 amide bonds. The molecule has 2 aliphatic rings. The number of ether oxygens (including phenoxy) is 1. The van der Waals surface area contributed by atoms with Crippen LogP contribution in [-0.4, -0.2) is 53.7 Å². The Morgan fingerprint density at radius 2 is 1.62 bits per heavy atom. The summed E-state index contributed by atoms with van der Waals surface area (Å²) in [6.07, 6.45) is 0.594. The van der Waals surface area contributed by atoms with Crippen LogP contribution in [0.25, 0.3) is 11.1 Å². The molecule has 2 N–H and O–H groups in total. The number of carbonyl (C=O) groups is 3. The third kappa shape index (κ3) is 5.24. The number of hydrogen-bond acceptors (Lipinski definition) is 4. The first-order valence-electron chi connectivity index (χ1n) is 12.0. The highest BCUT2D eigenvalue weighted by Crippen LogP contribution is 2.44. The minimum absolute atomic E-state index is 0.0391. The zero-order valence-electron chi connectivity index (χ0n) is 19.7. The average Bonchev–Trinajstić information content (AvgIpc) is 3.09. The zero-order chi connectivity index (χ0) is 24.2. The second-order valence-corrected chi connectivity index (χ2v) is 9.69. The van der Waals surface area contributed by atoms with Gasteiger partial charge in [-0.05, 0) is 46.9 Å². The Kier molecular flexibility index (Phi) is 7.20.